The largest absolute Gasteiger partial charge is 0.495 e. The smallest absolute Gasteiger partial charge is 0.477 e. The number of esters is 2. The van der Waals surface area contributed by atoms with E-state index in [-0.39, 0.29) is 81.6 Å². The molecule has 2 heterocycles. The number of nitrogens with one attached hydrogen (secondary N) is 4. The average Bonchev–Trinajstić information content (AvgIpc) is 1.62. The third kappa shape index (κ3) is 35.1. The molecule has 3 aliphatic carbocycles. The Balaban J connectivity index is 0.000000325. The summed E-state index contributed by atoms with van der Waals surface area (Å²) < 4.78 is 31.6. The molecule has 0 unspecified atom stereocenters. The van der Waals surface area contributed by atoms with E-state index in [4.69, 9.17) is 92.1 Å². The molecule has 0 bridgehead atoms. The van der Waals surface area contributed by atoms with Crippen LogP contribution in [0.2, 0.25) is 0 Å². The van der Waals surface area contributed by atoms with Crippen LogP contribution >= 0.6 is 0 Å². The van der Waals surface area contributed by atoms with E-state index < -0.39 is 79.4 Å². The molecule has 7 N–H and O–H groups in total. The molecular formula is C90H95B15N8O13+. The van der Waals surface area contributed by atoms with Crippen LogP contribution in [0.4, 0.5) is 4.79 Å². The minimum atomic E-state index is -1.14. The van der Waals surface area contributed by atoms with Gasteiger partial charge in [-0.3, -0.25) is 23.9 Å². The number of imidazole rings is 2. The van der Waals surface area contributed by atoms with Crippen LogP contribution in [0.15, 0.2) is 279 Å². The number of carboxylic acid groups (broad SMARTS) is 1. The normalized spacial score (nSPS) is 15.0. The van der Waals surface area contributed by atoms with Crippen molar-refractivity contribution in [3.05, 3.63) is 324 Å². The summed E-state index contributed by atoms with van der Waals surface area (Å²) in [6, 6.07) is 56.2. The molecule has 0 spiro atoms. The summed E-state index contributed by atoms with van der Waals surface area (Å²) >= 11 is 0. The van der Waals surface area contributed by atoms with E-state index in [1.807, 2.05) is 152 Å². The highest BCUT2D eigenvalue weighted by atomic mass is 16.5. The predicted molar refractivity (Wildman–Crippen MR) is 511 cm³/mol. The third-order valence-corrected chi connectivity index (χ3v) is 19.7. The molecule has 11 rings (SSSR count). The Kier molecular flexibility index (Phi) is 50.2. The Morgan fingerprint density at radius 1 is 0.508 bits per heavy atom. The van der Waals surface area contributed by atoms with Crippen molar-refractivity contribution in [2.24, 2.45) is 5.73 Å². The van der Waals surface area contributed by atoms with Crippen molar-refractivity contribution in [2.45, 2.75) is 162 Å². The summed E-state index contributed by atoms with van der Waals surface area (Å²) in [6.45, 7) is 11.9. The van der Waals surface area contributed by atoms with Gasteiger partial charge in [0.1, 0.15) is 0 Å². The predicted octanol–water partition coefficient (Wildman–Crippen LogP) is 10.6. The molecule has 3 aliphatic rings. The monoisotopic (exact) mass is 1660 g/mol. The third-order valence-electron chi connectivity index (χ3n) is 19.7. The lowest BCUT2D eigenvalue weighted by Gasteiger charge is -2.35. The summed E-state index contributed by atoms with van der Waals surface area (Å²) in [4.78, 5) is 92.6. The fourth-order valence-electron chi connectivity index (χ4n) is 14.1. The molecule has 617 valence electrons. The SMILES string of the molecule is C.C.C=C=C=C=C=C=C=C=C=C=C=C=C=C=C.CCOC(=O)C(=[N+]=N)C(=O)c1ccccc1.CCOC(=O)c1[nH]c(=O)n([C@@H]2CCCC[C@H]2OCc2ccccc2)c1-c1ccccc1.NC(=O)N[C@@H]1CCCC[C@H]1OCc1ccccc1.O=C(O)c1[nH]c(=O)n([C@@H]2CCCC[C@H]2OCc2ccccc2)c1-c1ccccc1.[B][B]B([B])B(B([B])[B])B(B([B])[B])B([B])[B]. The van der Waals surface area contributed by atoms with Crippen molar-refractivity contribution < 1.29 is 57.6 Å². The first-order chi connectivity index (χ1) is 60.0. The number of hydrogen-bond acceptors (Lipinski definition) is 13. The van der Waals surface area contributed by atoms with Gasteiger partial charge in [0.05, 0.1) is 91.2 Å². The first-order valence-electron chi connectivity index (χ1n) is 40.4. The van der Waals surface area contributed by atoms with Gasteiger partial charge in [0.15, 0.2) is 11.4 Å². The number of nitrogens with two attached hydrogens (primary N) is 1. The van der Waals surface area contributed by atoms with Crippen molar-refractivity contribution in [1.82, 2.24) is 24.4 Å². The van der Waals surface area contributed by atoms with E-state index >= 15 is 0 Å². The van der Waals surface area contributed by atoms with Crippen LogP contribution in [-0.4, -0.2) is 209 Å². The maximum atomic E-state index is 13.1. The Bertz CT molecular complexity index is 5400. The molecule has 2 aromatic heterocycles. The number of ether oxygens (including phenoxy) is 5. The van der Waals surface area contributed by atoms with Gasteiger partial charge >= 0.3 is 41.0 Å². The van der Waals surface area contributed by atoms with Gasteiger partial charge in [0.2, 0.25) is 0 Å². The molecule has 126 heavy (non-hydrogen) atoms. The van der Waals surface area contributed by atoms with Crippen LogP contribution in [0.1, 0.15) is 166 Å². The highest BCUT2D eigenvalue weighted by Gasteiger charge is 2.39. The quantitative estimate of drug-likeness (QED) is 0.00408. The zero-order chi connectivity index (χ0) is 90.0. The fourth-order valence-corrected chi connectivity index (χ4v) is 14.1. The number of ketones is 1. The van der Waals surface area contributed by atoms with Crippen LogP contribution in [0.5, 0.6) is 0 Å². The Hall–Kier alpha value is -12.2. The molecule has 0 aliphatic heterocycles. The first-order valence-corrected chi connectivity index (χ1v) is 40.4. The van der Waals surface area contributed by atoms with Crippen LogP contribution in [0.3, 0.4) is 0 Å². The number of Topliss-reactive ketones (excluding diaryl/α,β-unsaturated/α-hetero) is 1. The second kappa shape index (κ2) is 59.6. The lowest BCUT2D eigenvalue weighted by Crippen LogP contribution is -2.73. The number of H-pyrrole nitrogens is 2. The first kappa shape index (κ1) is 106. The molecule has 0 saturated heterocycles. The van der Waals surface area contributed by atoms with Gasteiger partial charge in [0.25, 0.3) is 5.78 Å². The Labute approximate surface area is 753 Å². The Morgan fingerprint density at radius 3 is 1.21 bits per heavy atom. The summed E-state index contributed by atoms with van der Waals surface area (Å²) in [5, 5.41) is 12.4. The van der Waals surface area contributed by atoms with E-state index in [9.17, 15) is 38.7 Å². The van der Waals surface area contributed by atoms with Crippen molar-refractivity contribution in [3.63, 3.8) is 0 Å². The van der Waals surface area contributed by atoms with Crippen LogP contribution < -0.4 is 22.4 Å². The van der Waals surface area contributed by atoms with Crippen molar-refractivity contribution in [2.75, 3.05) is 13.2 Å². The number of carboxylic acids is 1. The molecule has 17 radical (unpaired) electrons. The molecule has 21 nitrogen and oxygen atoms in total. The van der Waals surface area contributed by atoms with Gasteiger partial charge in [-0.05, 0) is 145 Å². The highest BCUT2D eigenvalue weighted by molar-refractivity contribution is 8.12. The number of amides is 2. The Morgan fingerprint density at radius 2 is 0.849 bits per heavy atom. The zero-order valence-corrected chi connectivity index (χ0v) is 69.6. The molecule has 2 amide bonds. The van der Waals surface area contributed by atoms with Crippen molar-refractivity contribution in [1.29, 1.82) is 5.53 Å². The minimum absolute atomic E-state index is 0. The number of primary amides is 1. The van der Waals surface area contributed by atoms with Gasteiger partial charge in [-0.25, -0.2) is 28.8 Å². The molecular weight excluding hydrogens is 1560 g/mol. The van der Waals surface area contributed by atoms with Crippen molar-refractivity contribution >= 4 is 143 Å². The number of aromatic nitrogens is 4. The zero-order valence-electron chi connectivity index (χ0n) is 69.6. The number of aromatic carboxylic acids is 1. The summed E-state index contributed by atoms with van der Waals surface area (Å²) in [7, 11) is 45.8. The van der Waals surface area contributed by atoms with Crippen LogP contribution in [0.25, 0.3) is 22.5 Å². The van der Waals surface area contributed by atoms with Gasteiger partial charge in [-0.2, -0.15) is 0 Å². The minimum Gasteiger partial charge on any atom is -0.477 e. The van der Waals surface area contributed by atoms with Gasteiger partial charge < -0.3 is 39.8 Å². The van der Waals surface area contributed by atoms with Gasteiger partial charge in [0, 0.05) is 124 Å². The van der Waals surface area contributed by atoms with E-state index in [0.29, 0.717) is 42.3 Å². The lowest BCUT2D eigenvalue weighted by atomic mass is 8.46. The second-order valence-corrected chi connectivity index (χ2v) is 28.2. The molecule has 6 atom stereocenters. The number of hydrogen-bond donors (Lipinski definition) is 6. The van der Waals surface area contributed by atoms with E-state index in [1.54, 1.807) is 53.3 Å². The molecule has 3 fully saturated rings. The molecule has 3 saturated carbocycles. The number of aromatic amines is 2. The second-order valence-electron chi connectivity index (χ2n) is 28.2. The number of urea groups is 1. The number of carbonyl (C=O) groups excluding carboxylic acids is 4. The van der Waals surface area contributed by atoms with Crippen LogP contribution in [-0.2, 0) is 48.3 Å². The topological polar surface area (TPSA) is 303 Å². The van der Waals surface area contributed by atoms with E-state index in [2.05, 4.69) is 112 Å². The van der Waals surface area contributed by atoms with Gasteiger partial charge in [-0.15, -0.1) is 0 Å². The number of carbonyl (C=O) groups is 5. The molecule has 6 aromatic carbocycles. The summed E-state index contributed by atoms with van der Waals surface area (Å²) in [6.07, 6.45) is 7.62. The maximum Gasteiger partial charge on any atom is 0.495 e. The maximum absolute atomic E-state index is 13.1. The fraction of sp³-hybridized carbons (Fsp3) is 0.300. The summed E-state index contributed by atoms with van der Waals surface area (Å²) in [5.74, 6) is -3.13. The van der Waals surface area contributed by atoms with Gasteiger partial charge in [-0.1, -0.05) is 247 Å². The highest BCUT2D eigenvalue weighted by Crippen LogP contribution is 2.37. The number of nitrogens with zero attached hydrogens (tertiary/aromatic N) is 3. The molecule has 8 aromatic rings. The lowest BCUT2D eigenvalue weighted by molar-refractivity contribution is -0.151. The standard InChI is InChI=1S/C25H28N2O4.C23H24N2O4.C15H4.C14H20N2O2.C11H11N2O3.2CH4.B15/c1-2-30-24(28)22-23(19-13-7-4-8-14-19)27(25(29)26-22)20-15-9-10-16-21(20)31-17-18-11-5-3-6-12-18;26-22(27)20-21(17-11-5-2-6-12-17)25(23(28)24-20)18-13-7-8-14-19(18)29-15-16-9-3-1-4-10-16;1-3-5-7-9-11-13-15-14-12-10-8-6-4-2;15-14(17)16-12-8-4-5-9-13(12)18-10-11-6-2-1-3-7-11;1-2-16-11(15)9(13-12)10(14)8-6-4-3-5-7-8;;;1-9-13(8)15(12(6)7)14(10(2)3)11(4)5/h3-8,11-14,20-21H,2,9-10,15-17H2,1H3,(H,26,29);1-6,9-12,18-19H,7-8,13-15H2,(H,24,28)(H,26,27);1-2H2;1-3,6-7,12-13H,4-5,8-10H2,(H3,15,16,17);3-7,12H,2H2,1H3;2*1H4;/q;;;;+1;;;/t20-,21-;18-,19-;;12-,13-;;;;/m11.1..../s1. The average molecular weight is 1660 g/mol. The number of rotatable bonds is 27. The van der Waals surface area contributed by atoms with Crippen LogP contribution in [0, 0.1) is 5.53 Å². The summed E-state index contributed by atoms with van der Waals surface area (Å²) in [5.41, 5.74) is 49.0. The van der Waals surface area contributed by atoms with E-state index in [0.717, 1.165) is 99.3 Å². The van der Waals surface area contributed by atoms with Crippen molar-refractivity contribution in [3.8, 4) is 22.5 Å². The van der Waals surface area contributed by atoms with E-state index in [1.165, 1.54) is 7.06 Å². The molecule has 36 heteroatoms. The number of benzene rings is 6.